The second kappa shape index (κ2) is 35.3. The molecule has 3 atom stereocenters. The zero-order valence-electron chi connectivity index (χ0n) is 70.3. The van der Waals surface area contributed by atoms with Crippen molar-refractivity contribution in [2.45, 2.75) is 148 Å². The van der Waals surface area contributed by atoms with Crippen LogP contribution >= 0.6 is 57.4 Å². The van der Waals surface area contributed by atoms with Crippen molar-refractivity contribution >= 4 is 163 Å². The van der Waals surface area contributed by atoms with Crippen LogP contribution in [0.2, 0.25) is 106 Å². The van der Waals surface area contributed by atoms with Crippen LogP contribution in [0, 0.1) is 27.0 Å². The molecule has 27 nitrogen and oxygen atoms in total. The van der Waals surface area contributed by atoms with E-state index in [0.717, 1.165) is 105 Å². The van der Waals surface area contributed by atoms with Gasteiger partial charge >= 0.3 is 0 Å². The summed E-state index contributed by atoms with van der Waals surface area (Å²) in [5, 5.41) is 18.3. The molecule has 1 N–H and O–H groups in total. The van der Waals surface area contributed by atoms with Crippen molar-refractivity contribution < 1.29 is 14.3 Å². The van der Waals surface area contributed by atoms with Crippen LogP contribution in [0.5, 0.6) is 0 Å². The van der Waals surface area contributed by atoms with Gasteiger partial charge in [0.25, 0.3) is 16.7 Å². The van der Waals surface area contributed by atoms with Crippen LogP contribution in [0.15, 0.2) is 180 Å². The molecule has 0 aliphatic carbocycles. The first kappa shape index (κ1) is 86.3. The summed E-state index contributed by atoms with van der Waals surface area (Å²) in [6, 6.07) is 35.3. The Morgan fingerprint density at radius 3 is 1.24 bits per heavy atom. The van der Waals surface area contributed by atoms with Crippen molar-refractivity contribution in [3.63, 3.8) is 0 Å². The number of Topliss-reactive ketones (excluding diaryl/α,β-unsaturated/α-hetero) is 1. The molecule has 18 rings (SSSR count). The Balaban J connectivity index is 0.000000138. The summed E-state index contributed by atoms with van der Waals surface area (Å²) in [7, 11) is -5.14. The van der Waals surface area contributed by atoms with Gasteiger partial charge in [-0.05, 0) is 115 Å². The third-order valence-electron chi connectivity index (χ3n) is 21.3. The molecule has 3 aliphatic rings. The molecule has 15 heterocycles. The second-order valence-corrected chi connectivity index (χ2v) is 58.1. The Bertz CT molecular complexity index is 6760. The van der Waals surface area contributed by atoms with Crippen molar-refractivity contribution in [3.8, 4) is 40.5 Å². The number of ketones is 1. The number of anilines is 3. The van der Waals surface area contributed by atoms with Crippen LogP contribution in [0.1, 0.15) is 77.7 Å². The Morgan fingerprint density at radius 2 is 0.877 bits per heavy atom. The van der Waals surface area contributed by atoms with Crippen LogP contribution in [0.3, 0.4) is 0 Å². The number of H-pyrrole nitrogens is 1. The standard InChI is InChI=1S/C32H38ClN7O2Si2.C27H29ClIN7O2Si.C23H18ClN7O2.C5H10Si/c1-43(2,3)18-14-23-20-37(22-42-17-19-44(4,5)6)30-27(23)31(35-21-34-30)38-15-13-26(38)29-36-39-16-12-25(33)28(39)32(41)40(29)24-10-8-7-9-11-24;1-39(2,3)14-13-38-17-33-15-20(29)22-25(33)30-16-31-26(22)34-11-10-21(34)24-32-35-12-9-19(28)23(35)27(37)36(24)18-7-5-4-6-8-18;1-13(32)15-11-25-20-18(15)22(27-12-26-20)29-9-8-17(29)21-28-30-10-7-16(24)19(30)23(33)31(21)14-5-3-2-4-6-14;1-5-6(2,3)4/h7-12,16,20-21,26H,13,15,17,19,22H2,1-6H3;4-9,12,15-16,21H,10-11,13-14,17H2,1-3H3;2-7,10-12,17H,8-9H2,1H3,(H,25,26,27);1H,2-4H3/t26-;21-;17-;/m000./s1. The molecule has 0 spiro atoms. The summed E-state index contributed by atoms with van der Waals surface area (Å²) in [5.74, 6) is 7.51. The maximum absolute atomic E-state index is 13.9. The van der Waals surface area contributed by atoms with Crippen LogP contribution in [-0.4, -0.2) is 157 Å². The summed E-state index contributed by atoms with van der Waals surface area (Å²) in [4.78, 5) is 90.6. The average molecular weight is 1880 g/mol. The van der Waals surface area contributed by atoms with Gasteiger partial charge in [0.05, 0.1) is 72.0 Å². The molecule has 628 valence electrons. The number of hydrogen-bond acceptors (Lipinski definition) is 18. The first-order valence-corrected chi connectivity index (χ1v) is 57.1. The van der Waals surface area contributed by atoms with E-state index in [4.69, 9.17) is 80.9 Å². The smallest absolute Gasteiger partial charge is 0.284 e. The first-order valence-electron chi connectivity index (χ1n) is 40.4. The fourth-order valence-corrected chi connectivity index (χ4v) is 18.2. The number of hydrogen-bond donors (Lipinski definition) is 1. The van der Waals surface area contributed by atoms with E-state index in [1.807, 2.05) is 106 Å². The molecule has 0 radical (unpaired) electrons. The molecule has 35 heteroatoms. The highest BCUT2D eigenvalue weighted by Crippen LogP contribution is 2.45. The van der Waals surface area contributed by atoms with Crippen LogP contribution < -0.4 is 31.4 Å². The van der Waals surface area contributed by atoms with E-state index in [-0.39, 0.29) is 40.6 Å². The van der Waals surface area contributed by atoms with Crippen LogP contribution in [-0.2, 0) is 22.9 Å². The molecule has 0 unspecified atom stereocenters. The number of terminal acetylenes is 1. The van der Waals surface area contributed by atoms with E-state index in [9.17, 15) is 19.2 Å². The van der Waals surface area contributed by atoms with E-state index in [0.29, 0.717) is 104 Å². The Kier molecular flexibility index (Phi) is 25.0. The number of para-hydroxylation sites is 3. The predicted octanol–water partition coefficient (Wildman–Crippen LogP) is 17.2. The van der Waals surface area contributed by atoms with Gasteiger partial charge in [0.15, 0.2) is 23.3 Å². The molecule has 0 saturated carbocycles. The van der Waals surface area contributed by atoms with Crippen LogP contribution in [0.25, 0.3) is 66.7 Å². The molecule has 3 fully saturated rings. The summed E-state index contributed by atoms with van der Waals surface area (Å²) < 4.78 is 27.0. The number of ether oxygens (including phenoxy) is 2. The minimum absolute atomic E-state index is 0.0721. The lowest BCUT2D eigenvalue weighted by Crippen LogP contribution is -2.45. The monoisotopic (exact) mass is 1870 g/mol. The van der Waals surface area contributed by atoms with Crippen molar-refractivity contribution in [3.05, 3.63) is 244 Å². The highest BCUT2D eigenvalue weighted by Gasteiger charge is 2.41. The number of halogens is 4. The van der Waals surface area contributed by atoms with E-state index < -0.39 is 32.3 Å². The third kappa shape index (κ3) is 18.0. The zero-order valence-corrected chi connectivity index (χ0v) is 78.7. The number of fused-ring (bicyclic) bond motifs is 6. The molecule has 122 heavy (non-hydrogen) atoms. The summed E-state index contributed by atoms with van der Waals surface area (Å²) >= 11 is 21.5. The lowest BCUT2D eigenvalue weighted by Gasteiger charge is -2.42. The first-order chi connectivity index (χ1) is 58.2. The molecule has 3 aliphatic heterocycles. The maximum atomic E-state index is 13.9. The lowest BCUT2D eigenvalue weighted by atomic mass is 10.0. The number of benzene rings is 3. The lowest BCUT2D eigenvalue weighted by molar-refractivity contribution is 0.0897. The maximum Gasteiger partial charge on any atom is 0.284 e. The number of aromatic amines is 1. The highest BCUT2D eigenvalue weighted by atomic mass is 127. The molecule has 0 amide bonds. The number of nitrogens with one attached hydrogen (secondary N) is 1. The predicted molar refractivity (Wildman–Crippen MR) is 504 cm³/mol. The summed E-state index contributed by atoms with van der Waals surface area (Å²) in [6.07, 6.45) is 23.1. The number of nitrogens with zero attached hydrogens (tertiary/aromatic N) is 20. The molecular formula is C87H95Cl3IN21O6Si4. The van der Waals surface area contributed by atoms with Gasteiger partial charge in [-0.1, -0.05) is 174 Å². The Hall–Kier alpha value is -10.6. The quantitative estimate of drug-likeness (QED) is 0.0244. The van der Waals surface area contributed by atoms with Crippen molar-refractivity contribution in [1.29, 1.82) is 0 Å². The van der Waals surface area contributed by atoms with Gasteiger partial charge in [-0.3, -0.25) is 32.9 Å². The van der Waals surface area contributed by atoms with Gasteiger partial charge in [-0.25, -0.2) is 43.5 Å². The van der Waals surface area contributed by atoms with Gasteiger partial charge in [0.2, 0.25) is 0 Å². The number of rotatable bonds is 20. The second-order valence-electron chi connectivity index (χ2n) is 34.9. The minimum atomic E-state index is -1.66. The van der Waals surface area contributed by atoms with Gasteiger partial charge in [0.1, 0.15) is 99.5 Å². The SMILES string of the molecule is C#C[Si](C)(C)C.CC(=O)c1c[nH]c2ncnc(N3CC[C@H]3c3nn4ccc(Cl)c4c(=O)n3-c3ccccc3)c12.C[Si](C)(C)C#Cc1cn(COCC[Si](C)(C)C)c2ncnc(N3CC[C@H]3c3nn4ccc(Cl)c4c(=O)n3-c3ccccc3)c12.C[Si](C)(C)CCOCn1cc(I)c2c(N3CC[C@H]3c3nn4ccc(Cl)c4c(=O)n3-c3ccccc3)ncnc21. The van der Waals surface area contributed by atoms with E-state index in [2.05, 4.69) is 159 Å². The normalized spacial score (nSPS) is 15.4. The van der Waals surface area contributed by atoms with Gasteiger partial charge < -0.3 is 38.3 Å². The van der Waals surface area contributed by atoms with E-state index in [1.165, 1.54) is 17.8 Å². The van der Waals surface area contributed by atoms with E-state index in [1.54, 1.807) is 78.4 Å². The minimum Gasteiger partial charge on any atom is -0.361 e. The molecule has 3 aromatic carbocycles. The van der Waals surface area contributed by atoms with Crippen molar-refractivity contribution in [1.82, 2.24) is 86.6 Å². The average Bonchev–Trinajstić information content (AvgIpc) is 1.38. The largest absolute Gasteiger partial charge is 0.361 e. The number of carbonyl (C=O) groups excluding carboxylic acids is 1. The van der Waals surface area contributed by atoms with Crippen molar-refractivity contribution in [2.24, 2.45) is 0 Å². The Labute approximate surface area is 737 Å². The van der Waals surface area contributed by atoms with Gasteiger partial charge in [-0.2, -0.15) is 15.3 Å². The summed E-state index contributed by atoms with van der Waals surface area (Å²) in [5.41, 5.74) is 12.5. The van der Waals surface area contributed by atoms with E-state index >= 15 is 0 Å². The topological polar surface area (TPSA) is 266 Å². The van der Waals surface area contributed by atoms with Crippen LogP contribution in [0.4, 0.5) is 17.5 Å². The zero-order chi connectivity index (χ0) is 86.4. The Morgan fingerprint density at radius 1 is 0.508 bits per heavy atom. The fourth-order valence-electron chi connectivity index (χ4n) is 14.7. The fraction of sp³-hybridized carbons (Fsp3) is 0.322. The number of aromatic nitrogens is 18. The molecule has 0 bridgehead atoms. The van der Waals surface area contributed by atoms with Crippen molar-refractivity contribution in [2.75, 3.05) is 47.5 Å². The molecule has 15 aromatic rings. The van der Waals surface area contributed by atoms with Gasteiger partial charge in [-0.15, -0.1) is 17.5 Å². The molecule has 3 saturated heterocycles. The summed E-state index contributed by atoms with van der Waals surface area (Å²) in [6.45, 7) is 33.3. The van der Waals surface area contributed by atoms with Gasteiger partial charge in [0, 0.05) is 95.3 Å². The molecule has 12 aromatic heterocycles. The third-order valence-corrected chi connectivity index (χ3v) is 28.2. The number of carbonyl (C=O) groups is 1. The highest BCUT2D eigenvalue weighted by molar-refractivity contribution is 14.1. The molecular weight excluding hydrogens is 1780 g/mol.